The van der Waals surface area contributed by atoms with Gasteiger partial charge in [0.05, 0.1) is 4.90 Å². The fourth-order valence-electron chi connectivity index (χ4n) is 2.62. The lowest BCUT2D eigenvalue weighted by Gasteiger charge is -2.13. The van der Waals surface area contributed by atoms with Gasteiger partial charge in [-0.05, 0) is 44.0 Å². The highest BCUT2D eigenvalue weighted by atomic mass is 32.2. The number of hydrogen-bond acceptors (Lipinski definition) is 4. The van der Waals surface area contributed by atoms with Gasteiger partial charge < -0.3 is 5.32 Å². The van der Waals surface area contributed by atoms with Crippen LogP contribution in [0, 0.1) is 20.8 Å². The second-order valence-corrected chi connectivity index (χ2v) is 7.36. The zero-order chi connectivity index (χ0) is 17.7. The van der Waals surface area contributed by atoms with Gasteiger partial charge in [-0.25, -0.2) is 13.1 Å². The molecule has 1 amide bonds. The van der Waals surface area contributed by atoms with E-state index in [4.69, 9.17) is 0 Å². The smallest absolute Gasteiger partial charge is 0.241 e. The van der Waals surface area contributed by atoms with Crippen LogP contribution in [-0.2, 0) is 14.8 Å². The fraction of sp³-hybridized carbons (Fsp3) is 0.294. The molecule has 0 atom stereocenters. The van der Waals surface area contributed by atoms with E-state index in [2.05, 4.69) is 15.0 Å². The predicted molar refractivity (Wildman–Crippen MR) is 93.3 cm³/mol. The summed E-state index contributed by atoms with van der Waals surface area (Å²) in [4.78, 5) is 16.0. The van der Waals surface area contributed by atoms with E-state index >= 15 is 0 Å². The highest BCUT2D eigenvalue weighted by Gasteiger charge is 2.19. The maximum Gasteiger partial charge on any atom is 0.241 e. The first-order valence-corrected chi connectivity index (χ1v) is 9.05. The van der Waals surface area contributed by atoms with Crippen LogP contribution in [0.5, 0.6) is 0 Å². The number of benzene rings is 1. The maximum atomic E-state index is 12.5. The highest BCUT2D eigenvalue weighted by Crippen LogP contribution is 2.21. The number of nitrogens with one attached hydrogen (secondary N) is 2. The molecule has 0 unspecified atom stereocenters. The summed E-state index contributed by atoms with van der Waals surface area (Å²) in [5, 5.41) is 2.68. The Balaban J connectivity index is 1.97. The molecule has 0 aliphatic heterocycles. The van der Waals surface area contributed by atoms with Gasteiger partial charge in [0.1, 0.15) is 0 Å². The molecule has 0 spiro atoms. The average molecular weight is 347 g/mol. The van der Waals surface area contributed by atoms with Crippen molar-refractivity contribution in [3.8, 4) is 0 Å². The zero-order valence-corrected chi connectivity index (χ0v) is 14.8. The van der Waals surface area contributed by atoms with Gasteiger partial charge in [-0.2, -0.15) is 0 Å². The number of hydrogen-bond donors (Lipinski definition) is 2. The number of pyridine rings is 1. The molecule has 0 saturated carbocycles. The SMILES string of the molecule is Cc1cc(C)c(S(=O)(=O)NCCC(=O)Nc2ccncc2)c(C)c1. The van der Waals surface area contributed by atoms with Crippen LogP contribution >= 0.6 is 0 Å². The monoisotopic (exact) mass is 347 g/mol. The van der Waals surface area contributed by atoms with Crippen molar-refractivity contribution in [3.63, 3.8) is 0 Å². The average Bonchev–Trinajstić information content (AvgIpc) is 2.46. The number of aromatic nitrogens is 1. The Morgan fingerprint density at radius 2 is 1.67 bits per heavy atom. The van der Waals surface area contributed by atoms with Crippen LogP contribution in [0.2, 0.25) is 0 Å². The molecule has 0 aliphatic carbocycles. The van der Waals surface area contributed by atoms with E-state index < -0.39 is 10.0 Å². The van der Waals surface area contributed by atoms with Crippen LogP contribution in [0.3, 0.4) is 0 Å². The topological polar surface area (TPSA) is 88.2 Å². The van der Waals surface area contributed by atoms with Crippen molar-refractivity contribution in [1.29, 1.82) is 0 Å². The van der Waals surface area contributed by atoms with Gasteiger partial charge in [-0.15, -0.1) is 0 Å². The molecule has 1 aromatic carbocycles. The van der Waals surface area contributed by atoms with Crippen molar-refractivity contribution in [2.75, 3.05) is 11.9 Å². The quantitative estimate of drug-likeness (QED) is 0.839. The second kappa shape index (κ2) is 7.55. The second-order valence-electron chi connectivity index (χ2n) is 5.66. The molecule has 1 aromatic heterocycles. The molecule has 0 bridgehead atoms. The van der Waals surface area contributed by atoms with Crippen molar-refractivity contribution in [2.24, 2.45) is 0 Å². The van der Waals surface area contributed by atoms with E-state index in [1.165, 1.54) is 0 Å². The number of carbonyl (C=O) groups is 1. The van der Waals surface area contributed by atoms with Gasteiger partial charge in [0.15, 0.2) is 0 Å². The van der Waals surface area contributed by atoms with E-state index in [0.717, 1.165) is 5.56 Å². The molecule has 6 nitrogen and oxygen atoms in total. The van der Waals surface area contributed by atoms with Crippen LogP contribution in [0.1, 0.15) is 23.1 Å². The molecule has 0 fully saturated rings. The van der Waals surface area contributed by atoms with E-state index in [0.29, 0.717) is 16.8 Å². The van der Waals surface area contributed by atoms with Crippen molar-refractivity contribution in [2.45, 2.75) is 32.1 Å². The number of anilines is 1. The summed E-state index contributed by atoms with van der Waals surface area (Å²) in [5.74, 6) is -0.263. The Morgan fingerprint density at radius 3 is 2.25 bits per heavy atom. The van der Waals surface area contributed by atoms with Crippen molar-refractivity contribution >= 4 is 21.6 Å². The van der Waals surface area contributed by atoms with E-state index in [1.54, 1.807) is 38.4 Å². The van der Waals surface area contributed by atoms with Gasteiger partial charge >= 0.3 is 0 Å². The Labute approximate surface area is 142 Å². The van der Waals surface area contributed by atoms with Crippen LogP contribution in [0.4, 0.5) is 5.69 Å². The minimum absolute atomic E-state index is 0.0337. The normalized spacial score (nSPS) is 11.3. The molecule has 1 heterocycles. The number of carbonyl (C=O) groups excluding carboxylic acids is 1. The summed E-state index contributed by atoms with van der Waals surface area (Å²) in [6, 6.07) is 7.00. The maximum absolute atomic E-state index is 12.5. The van der Waals surface area contributed by atoms with Crippen molar-refractivity contribution < 1.29 is 13.2 Å². The summed E-state index contributed by atoms with van der Waals surface area (Å²) in [6.07, 6.45) is 3.19. The number of amides is 1. The first kappa shape index (κ1) is 18.1. The van der Waals surface area contributed by atoms with Gasteiger partial charge in [0, 0.05) is 31.0 Å². The molecular formula is C17H21N3O3S. The number of nitrogens with zero attached hydrogens (tertiary/aromatic N) is 1. The Hall–Kier alpha value is -2.25. The van der Waals surface area contributed by atoms with Gasteiger partial charge in [-0.1, -0.05) is 17.7 Å². The number of aryl methyl sites for hydroxylation is 3. The third kappa shape index (κ3) is 4.62. The minimum Gasteiger partial charge on any atom is -0.326 e. The lowest BCUT2D eigenvalue weighted by molar-refractivity contribution is -0.116. The first-order valence-electron chi connectivity index (χ1n) is 7.57. The van der Waals surface area contributed by atoms with Crippen LogP contribution < -0.4 is 10.0 Å². The third-order valence-corrected chi connectivity index (χ3v) is 5.25. The predicted octanol–water partition coefficient (Wildman–Crippen LogP) is 2.31. The highest BCUT2D eigenvalue weighted by molar-refractivity contribution is 7.89. The lowest BCUT2D eigenvalue weighted by atomic mass is 10.1. The molecule has 0 radical (unpaired) electrons. The number of rotatable bonds is 6. The van der Waals surface area contributed by atoms with Gasteiger partial charge in [0.2, 0.25) is 15.9 Å². The van der Waals surface area contributed by atoms with Crippen LogP contribution in [-0.4, -0.2) is 25.9 Å². The van der Waals surface area contributed by atoms with Crippen molar-refractivity contribution in [3.05, 3.63) is 53.3 Å². The van der Waals surface area contributed by atoms with Gasteiger partial charge in [-0.3, -0.25) is 9.78 Å². The summed E-state index contributed by atoms with van der Waals surface area (Å²) < 4.78 is 27.4. The fourth-order valence-corrected chi connectivity index (χ4v) is 4.10. The Kier molecular flexibility index (Phi) is 5.69. The minimum atomic E-state index is -3.65. The summed E-state index contributed by atoms with van der Waals surface area (Å²) in [7, 11) is -3.65. The van der Waals surface area contributed by atoms with E-state index in [-0.39, 0.29) is 23.8 Å². The van der Waals surface area contributed by atoms with Gasteiger partial charge in [0.25, 0.3) is 0 Å². The standard InChI is InChI=1S/C17H21N3O3S/c1-12-10-13(2)17(14(3)11-12)24(22,23)19-9-6-16(21)20-15-4-7-18-8-5-15/h4-5,7-8,10-11,19H,6,9H2,1-3H3,(H,18,20,21). The summed E-state index contributed by atoms with van der Waals surface area (Å²) >= 11 is 0. The first-order chi connectivity index (χ1) is 11.3. The largest absolute Gasteiger partial charge is 0.326 e. The Bertz CT molecular complexity index is 810. The molecule has 0 saturated heterocycles. The molecule has 24 heavy (non-hydrogen) atoms. The van der Waals surface area contributed by atoms with E-state index in [1.807, 2.05) is 19.1 Å². The molecule has 2 N–H and O–H groups in total. The van der Waals surface area contributed by atoms with Crippen LogP contribution in [0.25, 0.3) is 0 Å². The molecule has 2 rings (SSSR count). The molecule has 128 valence electrons. The molecule has 7 heteroatoms. The Morgan fingerprint density at radius 1 is 1.08 bits per heavy atom. The summed E-state index contributed by atoms with van der Waals surface area (Å²) in [5.41, 5.74) is 3.03. The molecular weight excluding hydrogens is 326 g/mol. The van der Waals surface area contributed by atoms with Crippen molar-refractivity contribution in [1.82, 2.24) is 9.71 Å². The third-order valence-electron chi connectivity index (χ3n) is 3.48. The molecule has 2 aromatic rings. The number of sulfonamides is 1. The van der Waals surface area contributed by atoms with Crippen LogP contribution in [0.15, 0.2) is 41.6 Å². The lowest BCUT2D eigenvalue weighted by Crippen LogP contribution is -2.29. The van der Waals surface area contributed by atoms with E-state index in [9.17, 15) is 13.2 Å². The zero-order valence-electron chi connectivity index (χ0n) is 14.0. The molecule has 0 aliphatic rings. The summed E-state index contributed by atoms with van der Waals surface area (Å²) in [6.45, 7) is 5.49.